The molecule has 0 saturated carbocycles. The molecule has 90 valence electrons. The molecule has 0 amide bonds. The van der Waals surface area contributed by atoms with Crippen molar-refractivity contribution in [2.24, 2.45) is 0 Å². The number of nitrogens with one attached hydrogen (secondary N) is 1. The number of thioether (sulfide) groups is 1. The molecule has 0 aliphatic carbocycles. The normalized spacial score (nSPS) is 10.6. The van der Waals surface area contributed by atoms with Gasteiger partial charge in [-0.25, -0.2) is 4.98 Å². The summed E-state index contributed by atoms with van der Waals surface area (Å²) in [7, 11) is 0. The first-order valence-corrected chi connectivity index (χ1v) is 6.39. The molecule has 0 bridgehead atoms. The first kappa shape index (κ1) is 11.9. The highest BCUT2D eigenvalue weighted by Crippen LogP contribution is 2.17. The van der Waals surface area contributed by atoms with Crippen LogP contribution in [0.1, 0.15) is 24.7 Å². The van der Waals surface area contributed by atoms with Gasteiger partial charge < -0.3 is 9.51 Å². The van der Waals surface area contributed by atoms with Gasteiger partial charge in [-0.2, -0.15) is 0 Å². The lowest BCUT2D eigenvalue weighted by Gasteiger charge is -2.01. The predicted octanol–water partition coefficient (Wildman–Crippen LogP) is 2.00. The Kier molecular flexibility index (Phi) is 3.98. The number of hydrogen-bond donors (Lipinski definition) is 1. The Hall–Kier alpha value is -1.56. The van der Waals surface area contributed by atoms with Crippen LogP contribution >= 0.6 is 11.8 Å². The van der Waals surface area contributed by atoms with E-state index in [2.05, 4.69) is 22.0 Å². The summed E-state index contributed by atoms with van der Waals surface area (Å²) in [5, 5.41) is 4.43. The van der Waals surface area contributed by atoms with E-state index >= 15 is 0 Å². The van der Waals surface area contributed by atoms with E-state index in [1.807, 2.05) is 0 Å². The molecular formula is C11H13N3O2S. The third-order valence-corrected chi connectivity index (χ3v) is 3.03. The highest BCUT2D eigenvalue weighted by molar-refractivity contribution is 7.98. The second-order valence-corrected chi connectivity index (χ2v) is 4.54. The number of H-pyrrole nitrogens is 1. The van der Waals surface area contributed by atoms with Crippen LogP contribution in [0.5, 0.6) is 0 Å². The summed E-state index contributed by atoms with van der Waals surface area (Å²) in [4.78, 5) is 18.5. The molecule has 1 N–H and O–H groups in total. The molecule has 0 saturated heterocycles. The van der Waals surface area contributed by atoms with Gasteiger partial charge in [-0.05, 0) is 6.42 Å². The van der Waals surface area contributed by atoms with Gasteiger partial charge in [0, 0.05) is 23.6 Å². The average molecular weight is 251 g/mol. The lowest BCUT2D eigenvalue weighted by Crippen LogP contribution is -2.09. The molecule has 0 aliphatic rings. The smallest absolute Gasteiger partial charge is 0.251 e. The van der Waals surface area contributed by atoms with E-state index in [0.717, 1.165) is 24.2 Å². The molecule has 0 radical (unpaired) electrons. The van der Waals surface area contributed by atoms with Gasteiger partial charge in [-0.15, -0.1) is 0 Å². The van der Waals surface area contributed by atoms with Crippen LogP contribution in [0.2, 0.25) is 0 Å². The van der Waals surface area contributed by atoms with Crippen molar-refractivity contribution >= 4 is 11.8 Å². The largest absolute Gasteiger partial charge is 0.364 e. The molecule has 2 aromatic rings. The fourth-order valence-corrected chi connectivity index (χ4v) is 2.18. The van der Waals surface area contributed by atoms with Gasteiger partial charge in [-0.3, -0.25) is 4.79 Å². The lowest BCUT2D eigenvalue weighted by atomic mass is 10.2. The van der Waals surface area contributed by atoms with E-state index in [9.17, 15) is 4.79 Å². The molecule has 17 heavy (non-hydrogen) atoms. The number of aryl methyl sites for hydroxylation is 1. The second kappa shape index (κ2) is 5.67. The van der Waals surface area contributed by atoms with Crippen LogP contribution < -0.4 is 5.56 Å². The van der Waals surface area contributed by atoms with Gasteiger partial charge in [0.1, 0.15) is 6.26 Å². The van der Waals surface area contributed by atoms with Crippen molar-refractivity contribution < 1.29 is 4.52 Å². The molecule has 0 aliphatic heterocycles. The van der Waals surface area contributed by atoms with E-state index in [0.29, 0.717) is 10.9 Å². The number of aromatic amines is 1. The van der Waals surface area contributed by atoms with Crippen molar-refractivity contribution in [1.82, 2.24) is 15.1 Å². The van der Waals surface area contributed by atoms with E-state index in [1.165, 1.54) is 18.0 Å². The predicted molar refractivity (Wildman–Crippen MR) is 64.9 cm³/mol. The van der Waals surface area contributed by atoms with Crippen LogP contribution in [0, 0.1) is 0 Å². The highest BCUT2D eigenvalue weighted by Gasteiger charge is 2.03. The second-order valence-electron chi connectivity index (χ2n) is 3.57. The molecule has 0 atom stereocenters. The molecular weight excluding hydrogens is 238 g/mol. The van der Waals surface area contributed by atoms with E-state index in [4.69, 9.17) is 4.52 Å². The van der Waals surface area contributed by atoms with Crippen molar-refractivity contribution in [3.05, 3.63) is 40.1 Å². The Morgan fingerprint density at radius 2 is 2.35 bits per heavy atom. The summed E-state index contributed by atoms with van der Waals surface area (Å²) >= 11 is 1.44. The fraction of sp³-hybridized carbons (Fsp3) is 0.364. The minimum atomic E-state index is -0.105. The van der Waals surface area contributed by atoms with Gasteiger partial charge in [0.2, 0.25) is 0 Å². The number of rotatable bonds is 5. The summed E-state index contributed by atoms with van der Waals surface area (Å²) in [6.07, 6.45) is 3.32. The van der Waals surface area contributed by atoms with Gasteiger partial charge >= 0.3 is 0 Å². The van der Waals surface area contributed by atoms with E-state index in [1.54, 1.807) is 12.1 Å². The van der Waals surface area contributed by atoms with Crippen LogP contribution in [0.15, 0.2) is 32.9 Å². The van der Waals surface area contributed by atoms with Crippen molar-refractivity contribution in [2.45, 2.75) is 30.7 Å². The summed E-state index contributed by atoms with van der Waals surface area (Å²) in [6.45, 7) is 2.06. The third-order valence-electron chi connectivity index (χ3n) is 2.13. The quantitative estimate of drug-likeness (QED) is 0.650. The fourth-order valence-electron chi connectivity index (χ4n) is 1.39. The Morgan fingerprint density at radius 3 is 3.06 bits per heavy atom. The van der Waals surface area contributed by atoms with Crippen LogP contribution in [0.4, 0.5) is 0 Å². The molecule has 0 aromatic carbocycles. The topological polar surface area (TPSA) is 71.8 Å². The summed E-state index contributed by atoms with van der Waals surface area (Å²) < 4.78 is 4.73. The molecule has 2 heterocycles. The molecule has 0 spiro atoms. The molecule has 6 heteroatoms. The Bertz CT molecular complexity index is 522. The van der Waals surface area contributed by atoms with E-state index < -0.39 is 0 Å². The maximum absolute atomic E-state index is 11.4. The lowest BCUT2D eigenvalue weighted by molar-refractivity contribution is 0.414. The van der Waals surface area contributed by atoms with Crippen molar-refractivity contribution in [2.75, 3.05) is 0 Å². The first-order valence-electron chi connectivity index (χ1n) is 5.40. The number of nitrogens with zero attached hydrogens (tertiary/aromatic N) is 2. The monoisotopic (exact) mass is 251 g/mol. The molecule has 0 unspecified atom stereocenters. The zero-order chi connectivity index (χ0) is 12.1. The number of aromatic nitrogens is 3. The summed E-state index contributed by atoms with van der Waals surface area (Å²) in [6, 6.07) is 3.34. The minimum Gasteiger partial charge on any atom is -0.364 e. The minimum absolute atomic E-state index is 0.105. The molecule has 0 fully saturated rings. The molecule has 2 aromatic heterocycles. The highest BCUT2D eigenvalue weighted by atomic mass is 32.2. The van der Waals surface area contributed by atoms with Crippen molar-refractivity contribution in [3.8, 4) is 0 Å². The van der Waals surface area contributed by atoms with Gasteiger partial charge in [0.05, 0.1) is 5.69 Å². The van der Waals surface area contributed by atoms with Crippen LogP contribution in [-0.4, -0.2) is 15.1 Å². The van der Waals surface area contributed by atoms with Gasteiger partial charge in [0.25, 0.3) is 5.56 Å². The first-order chi connectivity index (χ1) is 8.28. The summed E-state index contributed by atoms with van der Waals surface area (Å²) in [5.74, 6) is 0.634. The van der Waals surface area contributed by atoms with Gasteiger partial charge in [0.15, 0.2) is 5.16 Å². The Morgan fingerprint density at radius 1 is 1.47 bits per heavy atom. The Labute approximate surface area is 103 Å². The zero-order valence-electron chi connectivity index (χ0n) is 9.47. The van der Waals surface area contributed by atoms with Crippen LogP contribution in [0.3, 0.4) is 0 Å². The summed E-state index contributed by atoms with van der Waals surface area (Å²) in [5.41, 5.74) is 1.56. The molecule has 2 rings (SSSR count). The van der Waals surface area contributed by atoms with Crippen LogP contribution in [-0.2, 0) is 12.2 Å². The standard InChI is InChI=1S/C11H13N3O2S/c1-2-3-8-6-10(15)13-11(12-8)17-7-9-4-5-16-14-9/h4-6H,2-3,7H2,1H3,(H,12,13,15). The van der Waals surface area contributed by atoms with Crippen molar-refractivity contribution in [3.63, 3.8) is 0 Å². The van der Waals surface area contributed by atoms with E-state index in [-0.39, 0.29) is 5.56 Å². The van der Waals surface area contributed by atoms with Crippen molar-refractivity contribution in [1.29, 1.82) is 0 Å². The maximum Gasteiger partial charge on any atom is 0.251 e. The zero-order valence-corrected chi connectivity index (χ0v) is 10.3. The Balaban J connectivity index is 2.07. The average Bonchev–Trinajstić information content (AvgIpc) is 2.79. The van der Waals surface area contributed by atoms with Crippen LogP contribution in [0.25, 0.3) is 0 Å². The maximum atomic E-state index is 11.4. The third kappa shape index (κ3) is 3.45. The molecule has 5 nitrogen and oxygen atoms in total. The van der Waals surface area contributed by atoms with Gasteiger partial charge in [-0.1, -0.05) is 30.3 Å². The SMILES string of the molecule is CCCc1cc(=O)[nH]c(SCc2ccon2)n1. The number of hydrogen-bond acceptors (Lipinski definition) is 5.